The molecule has 0 heterocycles. The van der Waals surface area contributed by atoms with Crippen molar-refractivity contribution in [2.45, 2.75) is 33.3 Å². The van der Waals surface area contributed by atoms with Gasteiger partial charge < -0.3 is 20.1 Å². The molecule has 0 saturated carbocycles. The molecule has 4 nitrogen and oxygen atoms in total. The zero-order valence-electron chi connectivity index (χ0n) is 10.5. The third kappa shape index (κ3) is 11.7. The molecule has 16 heavy (non-hydrogen) atoms. The molecular formula is C11H24N2O2S. The normalized spacial score (nSPS) is 10.5. The summed E-state index contributed by atoms with van der Waals surface area (Å²) >= 11 is 5.09. The first-order chi connectivity index (χ1) is 7.66. The van der Waals surface area contributed by atoms with E-state index in [1.165, 1.54) is 0 Å². The highest BCUT2D eigenvalue weighted by Crippen LogP contribution is 1.85. The van der Waals surface area contributed by atoms with Crippen LogP contribution in [0.25, 0.3) is 0 Å². The average Bonchev–Trinajstić information content (AvgIpc) is 2.24. The van der Waals surface area contributed by atoms with E-state index in [1.807, 2.05) is 20.8 Å². The number of nitrogens with one attached hydrogen (secondary N) is 2. The molecule has 0 aliphatic heterocycles. The zero-order valence-corrected chi connectivity index (χ0v) is 11.4. The van der Waals surface area contributed by atoms with E-state index in [9.17, 15) is 0 Å². The maximum atomic E-state index is 5.38. The molecule has 0 aromatic rings. The highest BCUT2D eigenvalue weighted by Gasteiger charge is 1.96. The molecule has 0 fully saturated rings. The molecule has 96 valence electrons. The lowest BCUT2D eigenvalue weighted by Gasteiger charge is -2.11. The van der Waals surface area contributed by atoms with Gasteiger partial charge in [-0.3, -0.25) is 0 Å². The van der Waals surface area contributed by atoms with Crippen LogP contribution in [0.1, 0.15) is 27.2 Å². The summed E-state index contributed by atoms with van der Waals surface area (Å²) in [5, 5.41) is 6.88. The van der Waals surface area contributed by atoms with Crippen molar-refractivity contribution in [2.75, 3.05) is 32.9 Å². The SMILES string of the molecule is CCOCCCNC(=S)NCCOC(C)C. The number of ether oxygens (including phenoxy) is 2. The van der Waals surface area contributed by atoms with Crippen LogP contribution in [0.2, 0.25) is 0 Å². The van der Waals surface area contributed by atoms with Gasteiger partial charge in [0.1, 0.15) is 0 Å². The maximum absolute atomic E-state index is 5.38. The second kappa shape index (κ2) is 11.1. The Labute approximate surface area is 104 Å². The Hall–Kier alpha value is -0.390. The Balaban J connectivity index is 3.18. The third-order valence-corrected chi connectivity index (χ3v) is 2.08. The summed E-state index contributed by atoms with van der Waals surface area (Å²) in [7, 11) is 0. The van der Waals surface area contributed by atoms with E-state index in [0.29, 0.717) is 11.7 Å². The van der Waals surface area contributed by atoms with Gasteiger partial charge in [0, 0.05) is 26.3 Å². The summed E-state index contributed by atoms with van der Waals surface area (Å²) in [5.41, 5.74) is 0. The van der Waals surface area contributed by atoms with E-state index in [0.717, 1.165) is 32.7 Å². The minimum atomic E-state index is 0.273. The first kappa shape index (κ1) is 15.6. The topological polar surface area (TPSA) is 42.5 Å². The van der Waals surface area contributed by atoms with Crippen LogP contribution >= 0.6 is 12.2 Å². The number of thiocarbonyl (C=S) groups is 1. The van der Waals surface area contributed by atoms with Gasteiger partial charge in [0.25, 0.3) is 0 Å². The molecule has 0 bridgehead atoms. The van der Waals surface area contributed by atoms with Crippen molar-refractivity contribution in [3.8, 4) is 0 Å². The largest absolute Gasteiger partial charge is 0.382 e. The van der Waals surface area contributed by atoms with Crippen molar-refractivity contribution in [1.29, 1.82) is 0 Å². The number of hydrogen-bond donors (Lipinski definition) is 2. The van der Waals surface area contributed by atoms with Crippen LogP contribution in [-0.2, 0) is 9.47 Å². The van der Waals surface area contributed by atoms with Crippen LogP contribution in [0.15, 0.2) is 0 Å². The van der Waals surface area contributed by atoms with E-state index in [2.05, 4.69) is 10.6 Å². The van der Waals surface area contributed by atoms with Crippen LogP contribution in [0.5, 0.6) is 0 Å². The van der Waals surface area contributed by atoms with Gasteiger partial charge >= 0.3 is 0 Å². The van der Waals surface area contributed by atoms with Gasteiger partial charge in [-0.1, -0.05) is 0 Å². The van der Waals surface area contributed by atoms with E-state index in [1.54, 1.807) is 0 Å². The molecule has 2 N–H and O–H groups in total. The minimum Gasteiger partial charge on any atom is -0.382 e. The van der Waals surface area contributed by atoms with Gasteiger partial charge in [0.15, 0.2) is 5.11 Å². The molecule has 0 amide bonds. The lowest BCUT2D eigenvalue weighted by Crippen LogP contribution is -2.38. The molecule has 0 aromatic heterocycles. The van der Waals surface area contributed by atoms with Crippen LogP contribution in [0.4, 0.5) is 0 Å². The summed E-state index contributed by atoms with van der Waals surface area (Å²) in [6, 6.07) is 0. The molecule has 0 saturated heterocycles. The van der Waals surface area contributed by atoms with E-state index in [4.69, 9.17) is 21.7 Å². The first-order valence-electron chi connectivity index (χ1n) is 5.87. The van der Waals surface area contributed by atoms with Crippen molar-refractivity contribution in [3.63, 3.8) is 0 Å². The smallest absolute Gasteiger partial charge is 0.166 e. The lowest BCUT2D eigenvalue weighted by atomic mass is 10.4. The Kier molecular flexibility index (Phi) is 10.8. The second-order valence-corrected chi connectivity index (χ2v) is 4.06. The van der Waals surface area contributed by atoms with Crippen molar-refractivity contribution in [2.24, 2.45) is 0 Å². The van der Waals surface area contributed by atoms with Gasteiger partial charge in [-0.15, -0.1) is 0 Å². The Morgan fingerprint density at radius 1 is 1.19 bits per heavy atom. The van der Waals surface area contributed by atoms with Gasteiger partial charge in [-0.2, -0.15) is 0 Å². The van der Waals surface area contributed by atoms with Crippen molar-refractivity contribution in [3.05, 3.63) is 0 Å². The summed E-state index contributed by atoms with van der Waals surface area (Å²) in [6.07, 6.45) is 1.24. The second-order valence-electron chi connectivity index (χ2n) is 3.65. The summed E-state index contributed by atoms with van der Waals surface area (Å²) in [4.78, 5) is 0. The van der Waals surface area contributed by atoms with E-state index in [-0.39, 0.29) is 6.10 Å². The predicted octanol–water partition coefficient (Wildman–Crippen LogP) is 1.30. The fourth-order valence-corrected chi connectivity index (χ4v) is 1.25. The highest BCUT2D eigenvalue weighted by atomic mass is 32.1. The maximum Gasteiger partial charge on any atom is 0.166 e. The molecule has 0 unspecified atom stereocenters. The Bertz CT molecular complexity index is 177. The van der Waals surface area contributed by atoms with Crippen LogP contribution in [0, 0.1) is 0 Å². The van der Waals surface area contributed by atoms with E-state index < -0.39 is 0 Å². The van der Waals surface area contributed by atoms with Crippen LogP contribution in [-0.4, -0.2) is 44.1 Å². The highest BCUT2D eigenvalue weighted by molar-refractivity contribution is 7.80. The quantitative estimate of drug-likeness (QED) is 0.475. The summed E-state index contributed by atoms with van der Waals surface area (Å²) in [5.74, 6) is 0. The molecule has 0 spiro atoms. The van der Waals surface area contributed by atoms with Crippen LogP contribution < -0.4 is 10.6 Å². The average molecular weight is 248 g/mol. The molecule has 0 aliphatic carbocycles. The molecule has 0 aromatic carbocycles. The van der Waals surface area contributed by atoms with Gasteiger partial charge in [0.2, 0.25) is 0 Å². The standard InChI is InChI=1S/C11H24N2O2S/c1-4-14-8-5-6-12-11(16)13-7-9-15-10(2)3/h10H,4-9H2,1-3H3,(H2,12,13,16). The summed E-state index contributed by atoms with van der Waals surface area (Å²) in [6.45, 7) is 9.85. The predicted molar refractivity (Wildman–Crippen MR) is 70.8 cm³/mol. The van der Waals surface area contributed by atoms with Gasteiger partial charge in [-0.25, -0.2) is 0 Å². The molecule has 5 heteroatoms. The number of hydrogen-bond acceptors (Lipinski definition) is 3. The molecular weight excluding hydrogens is 224 g/mol. The molecule has 0 atom stereocenters. The Morgan fingerprint density at radius 2 is 1.88 bits per heavy atom. The fourth-order valence-electron chi connectivity index (χ4n) is 1.04. The van der Waals surface area contributed by atoms with Crippen molar-refractivity contribution < 1.29 is 9.47 Å². The molecule has 0 aliphatic rings. The van der Waals surface area contributed by atoms with Crippen molar-refractivity contribution >= 4 is 17.3 Å². The monoisotopic (exact) mass is 248 g/mol. The van der Waals surface area contributed by atoms with Crippen LogP contribution in [0.3, 0.4) is 0 Å². The minimum absolute atomic E-state index is 0.273. The van der Waals surface area contributed by atoms with E-state index >= 15 is 0 Å². The van der Waals surface area contributed by atoms with Gasteiger partial charge in [-0.05, 0) is 39.4 Å². The number of rotatable bonds is 9. The summed E-state index contributed by atoms with van der Waals surface area (Å²) < 4.78 is 10.6. The first-order valence-corrected chi connectivity index (χ1v) is 6.28. The van der Waals surface area contributed by atoms with Crippen molar-refractivity contribution in [1.82, 2.24) is 10.6 Å². The molecule has 0 radical (unpaired) electrons. The zero-order chi connectivity index (χ0) is 12.2. The fraction of sp³-hybridized carbons (Fsp3) is 0.909. The van der Waals surface area contributed by atoms with Gasteiger partial charge in [0.05, 0.1) is 12.7 Å². The molecule has 0 rings (SSSR count). The lowest BCUT2D eigenvalue weighted by molar-refractivity contribution is 0.0830. The third-order valence-electron chi connectivity index (χ3n) is 1.79. The Morgan fingerprint density at radius 3 is 2.50 bits per heavy atom.